The lowest BCUT2D eigenvalue weighted by Gasteiger charge is -2.20. The van der Waals surface area contributed by atoms with Gasteiger partial charge in [-0.2, -0.15) is 0 Å². The van der Waals surface area contributed by atoms with Crippen molar-refractivity contribution in [1.82, 2.24) is 16.0 Å². The number of carbonyl (C=O) groups excluding carboxylic acids is 2. The Morgan fingerprint density at radius 1 is 1.03 bits per heavy atom. The SMILES string of the molecule is CCc1ccc([C@@H](NCC(=O)NC(=O)NCc2ccco2)c2cccc(F)c2)cc1. The molecule has 3 amide bonds. The van der Waals surface area contributed by atoms with E-state index in [4.69, 9.17) is 4.42 Å². The van der Waals surface area contributed by atoms with Gasteiger partial charge < -0.3 is 9.73 Å². The molecule has 0 aliphatic rings. The molecule has 1 heterocycles. The van der Waals surface area contributed by atoms with Crippen LogP contribution in [-0.4, -0.2) is 18.5 Å². The van der Waals surface area contributed by atoms with E-state index in [0.29, 0.717) is 11.3 Å². The van der Waals surface area contributed by atoms with Gasteiger partial charge in [-0.3, -0.25) is 15.4 Å². The first-order chi connectivity index (χ1) is 14.5. The third-order valence-corrected chi connectivity index (χ3v) is 4.63. The van der Waals surface area contributed by atoms with Gasteiger partial charge in [0, 0.05) is 0 Å². The van der Waals surface area contributed by atoms with Crippen molar-refractivity contribution in [3.63, 3.8) is 0 Å². The number of aryl methyl sites for hydroxylation is 1. The van der Waals surface area contributed by atoms with Crippen LogP contribution in [0.15, 0.2) is 71.3 Å². The molecule has 1 atom stereocenters. The molecule has 7 heteroatoms. The molecule has 6 nitrogen and oxygen atoms in total. The summed E-state index contributed by atoms with van der Waals surface area (Å²) < 4.78 is 18.9. The first-order valence-electron chi connectivity index (χ1n) is 9.73. The van der Waals surface area contributed by atoms with Crippen molar-refractivity contribution in [1.29, 1.82) is 0 Å². The lowest BCUT2D eigenvalue weighted by molar-refractivity contribution is -0.119. The van der Waals surface area contributed by atoms with Gasteiger partial charge in [0.05, 0.1) is 25.4 Å². The van der Waals surface area contributed by atoms with Crippen molar-refractivity contribution >= 4 is 11.9 Å². The molecule has 156 valence electrons. The van der Waals surface area contributed by atoms with Crippen LogP contribution in [0.2, 0.25) is 0 Å². The predicted molar refractivity (Wildman–Crippen MR) is 111 cm³/mol. The number of amides is 3. The highest BCUT2D eigenvalue weighted by molar-refractivity contribution is 5.95. The van der Waals surface area contributed by atoms with E-state index in [1.54, 1.807) is 24.3 Å². The number of furan rings is 1. The number of rotatable bonds is 8. The number of hydrogen-bond donors (Lipinski definition) is 3. The van der Waals surface area contributed by atoms with Crippen LogP contribution in [0.3, 0.4) is 0 Å². The largest absolute Gasteiger partial charge is 0.467 e. The summed E-state index contributed by atoms with van der Waals surface area (Å²) in [5.74, 6) is -0.276. The molecule has 0 fully saturated rings. The Balaban J connectivity index is 1.62. The maximum atomic E-state index is 13.8. The normalized spacial score (nSPS) is 11.7. The number of carbonyl (C=O) groups is 2. The standard InChI is InChI=1S/C23H24FN3O3/c1-2-16-8-10-17(11-9-16)22(18-5-3-6-19(24)13-18)25-15-21(28)27-23(29)26-14-20-7-4-12-30-20/h3-13,22,25H,2,14-15H2,1H3,(H2,26,27,28,29)/t22-/m1/s1. The van der Waals surface area contributed by atoms with E-state index in [1.807, 2.05) is 24.3 Å². The molecule has 3 rings (SSSR count). The van der Waals surface area contributed by atoms with Gasteiger partial charge in [0.1, 0.15) is 11.6 Å². The van der Waals surface area contributed by atoms with Crippen molar-refractivity contribution in [2.24, 2.45) is 0 Å². The fourth-order valence-electron chi connectivity index (χ4n) is 3.05. The average Bonchev–Trinajstić information content (AvgIpc) is 3.27. The van der Waals surface area contributed by atoms with Crippen LogP contribution in [0, 0.1) is 5.82 Å². The fourth-order valence-corrected chi connectivity index (χ4v) is 3.05. The van der Waals surface area contributed by atoms with Crippen LogP contribution in [-0.2, 0) is 17.8 Å². The minimum atomic E-state index is -0.618. The zero-order valence-corrected chi connectivity index (χ0v) is 16.7. The van der Waals surface area contributed by atoms with E-state index in [-0.39, 0.29) is 18.9 Å². The van der Waals surface area contributed by atoms with Gasteiger partial charge in [-0.1, -0.05) is 43.3 Å². The van der Waals surface area contributed by atoms with Gasteiger partial charge in [-0.15, -0.1) is 0 Å². The molecule has 0 saturated heterocycles. The van der Waals surface area contributed by atoms with E-state index in [2.05, 4.69) is 22.9 Å². The van der Waals surface area contributed by atoms with Gasteiger partial charge in [0.15, 0.2) is 0 Å². The summed E-state index contributed by atoms with van der Waals surface area (Å²) in [6.45, 7) is 2.12. The second kappa shape index (κ2) is 10.4. The van der Waals surface area contributed by atoms with Crippen molar-refractivity contribution < 1.29 is 18.4 Å². The minimum Gasteiger partial charge on any atom is -0.467 e. The molecule has 0 unspecified atom stereocenters. The highest BCUT2D eigenvalue weighted by Crippen LogP contribution is 2.23. The maximum absolute atomic E-state index is 13.8. The smallest absolute Gasteiger partial charge is 0.321 e. The molecule has 30 heavy (non-hydrogen) atoms. The van der Waals surface area contributed by atoms with Crippen molar-refractivity contribution in [2.75, 3.05) is 6.54 Å². The quantitative estimate of drug-likeness (QED) is 0.530. The Kier molecular flexibility index (Phi) is 7.34. The van der Waals surface area contributed by atoms with Crippen LogP contribution in [0.4, 0.5) is 9.18 Å². The molecular formula is C23H24FN3O3. The summed E-state index contributed by atoms with van der Waals surface area (Å²) in [6, 6.07) is 16.6. The third-order valence-electron chi connectivity index (χ3n) is 4.63. The number of benzene rings is 2. The third kappa shape index (κ3) is 6.02. The number of halogens is 1. The Bertz CT molecular complexity index is 972. The highest BCUT2D eigenvalue weighted by atomic mass is 19.1. The molecule has 0 saturated carbocycles. The monoisotopic (exact) mass is 409 g/mol. The summed E-state index contributed by atoms with van der Waals surface area (Å²) in [6.07, 6.45) is 2.41. The zero-order valence-electron chi connectivity index (χ0n) is 16.7. The summed E-state index contributed by atoms with van der Waals surface area (Å²) in [7, 11) is 0. The molecule has 0 radical (unpaired) electrons. The summed E-state index contributed by atoms with van der Waals surface area (Å²) in [4.78, 5) is 24.1. The molecule has 2 aromatic carbocycles. The van der Waals surface area contributed by atoms with Crippen LogP contribution in [0.5, 0.6) is 0 Å². The summed E-state index contributed by atoms with van der Waals surface area (Å²) in [5.41, 5.74) is 2.77. The summed E-state index contributed by atoms with van der Waals surface area (Å²) >= 11 is 0. The second-order valence-electron chi connectivity index (χ2n) is 6.77. The maximum Gasteiger partial charge on any atom is 0.321 e. The van der Waals surface area contributed by atoms with Gasteiger partial charge in [-0.25, -0.2) is 9.18 Å². The van der Waals surface area contributed by atoms with Gasteiger partial charge in [0.25, 0.3) is 0 Å². The van der Waals surface area contributed by atoms with E-state index in [0.717, 1.165) is 12.0 Å². The Hall–Kier alpha value is -3.45. The van der Waals surface area contributed by atoms with E-state index < -0.39 is 18.0 Å². The first-order valence-corrected chi connectivity index (χ1v) is 9.73. The molecule has 0 aliphatic carbocycles. The molecular weight excluding hydrogens is 385 g/mol. The number of nitrogens with one attached hydrogen (secondary N) is 3. The zero-order chi connectivity index (χ0) is 21.3. The van der Waals surface area contributed by atoms with Crippen LogP contribution in [0.25, 0.3) is 0 Å². The van der Waals surface area contributed by atoms with Crippen molar-refractivity contribution in [3.8, 4) is 0 Å². The molecule has 3 N–H and O–H groups in total. The lowest BCUT2D eigenvalue weighted by Crippen LogP contribution is -2.43. The second-order valence-corrected chi connectivity index (χ2v) is 6.77. The van der Waals surface area contributed by atoms with Gasteiger partial charge in [0.2, 0.25) is 5.91 Å². The topological polar surface area (TPSA) is 83.4 Å². The van der Waals surface area contributed by atoms with E-state index >= 15 is 0 Å². The highest BCUT2D eigenvalue weighted by Gasteiger charge is 2.17. The van der Waals surface area contributed by atoms with E-state index in [1.165, 1.54) is 24.0 Å². The number of hydrogen-bond acceptors (Lipinski definition) is 4. The van der Waals surface area contributed by atoms with Crippen LogP contribution in [0.1, 0.15) is 35.4 Å². The molecule has 1 aromatic heterocycles. The van der Waals surface area contributed by atoms with Crippen LogP contribution >= 0.6 is 0 Å². The Morgan fingerprint density at radius 2 is 1.83 bits per heavy atom. The van der Waals surface area contributed by atoms with Gasteiger partial charge >= 0.3 is 6.03 Å². The number of imide groups is 1. The molecule has 0 aliphatic heterocycles. The Labute approximate surface area is 174 Å². The lowest BCUT2D eigenvalue weighted by atomic mass is 9.97. The van der Waals surface area contributed by atoms with E-state index in [9.17, 15) is 14.0 Å². The average molecular weight is 409 g/mol. The molecule has 3 aromatic rings. The van der Waals surface area contributed by atoms with Crippen molar-refractivity contribution in [2.45, 2.75) is 25.9 Å². The molecule has 0 spiro atoms. The fraction of sp³-hybridized carbons (Fsp3) is 0.217. The first kappa shape index (κ1) is 21.3. The predicted octanol–water partition coefficient (Wildman–Crippen LogP) is 3.69. The van der Waals surface area contributed by atoms with Gasteiger partial charge in [-0.05, 0) is 47.4 Å². The van der Waals surface area contributed by atoms with Crippen LogP contribution < -0.4 is 16.0 Å². The molecule has 0 bridgehead atoms. The number of urea groups is 1. The summed E-state index contributed by atoms with van der Waals surface area (Å²) in [5, 5.41) is 7.92. The Morgan fingerprint density at radius 3 is 2.50 bits per heavy atom. The van der Waals surface area contributed by atoms with Crippen molar-refractivity contribution in [3.05, 3.63) is 95.2 Å². The minimum absolute atomic E-state index is 0.120.